The molecular weight excluding hydrogens is 1210 g/mol. The molecule has 0 bridgehead atoms. The number of hydrogen-bond donors (Lipinski definition) is 2. The molecule has 7 aromatic carbocycles. The highest BCUT2D eigenvalue weighted by molar-refractivity contribution is 5.52. The minimum atomic E-state index is 0.0685. The summed E-state index contributed by atoms with van der Waals surface area (Å²) in [6.07, 6.45) is 60.3. The van der Waals surface area contributed by atoms with Crippen molar-refractivity contribution >= 4 is 11.4 Å². The number of allylic oxidation sites excluding steroid dienone is 1. The van der Waals surface area contributed by atoms with E-state index < -0.39 is 0 Å². The number of aryl methyl sites for hydroxylation is 3. The SMILES string of the molecule is C1CCCCC1.C1CCCCCC1.C=CCC(CCC)(c1ccccc1)c1ccccc1.CC1CCCCC1.CC1CCCCC1.CNCc1ccccc1.c1ccc(CC2CCCCC2)cc1.c1ccc(N2CCCCC2)cc1.c1ccc2c(c1)CCCC2.c1ccc2c(c1)CCCN2. The quantitative estimate of drug-likeness (QED) is 0.0998. The van der Waals surface area contributed by atoms with Gasteiger partial charge < -0.3 is 15.5 Å². The lowest BCUT2D eigenvalue weighted by atomic mass is 9.69. The Morgan fingerprint density at radius 1 is 0.400 bits per heavy atom. The highest BCUT2D eigenvalue weighted by Crippen LogP contribution is 2.40. The molecule has 15 rings (SSSR count). The van der Waals surface area contributed by atoms with Crippen molar-refractivity contribution in [3.05, 3.63) is 252 Å². The van der Waals surface area contributed by atoms with Crippen LogP contribution in [0.3, 0.4) is 0 Å². The summed E-state index contributed by atoms with van der Waals surface area (Å²) in [4.78, 5) is 2.48. The molecule has 100 heavy (non-hydrogen) atoms. The van der Waals surface area contributed by atoms with Crippen LogP contribution in [-0.2, 0) is 37.6 Å². The van der Waals surface area contributed by atoms with Gasteiger partial charge in [-0.3, -0.25) is 0 Å². The van der Waals surface area contributed by atoms with E-state index >= 15 is 0 Å². The second-order valence-electron chi connectivity index (χ2n) is 30.4. The van der Waals surface area contributed by atoms with Crippen LogP contribution in [0, 0.1) is 17.8 Å². The molecule has 0 aromatic heterocycles. The van der Waals surface area contributed by atoms with Gasteiger partial charge in [-0.25, -0.2) is 0 Å². The largest absolute Gasteiger partial charge is 0.385 e. The van der Waals surface area contributed by atoms with E-state index in [9.17, 15) is 0 Å². The van der Waals surface area contributed by atoms with Gasteiger partial charge in [-0.15, -0.1) is 6.58 Å². The Morgan fingerprint density at radius 2 is 0.760 bits per heavy atom. The molecule has 0 atom stereocenters. The van der Waals surface area contributed by atoms with Crippen molar-refractivity contribution in [2.24, 2.45) is 17.8 Å². The maximum absolute atomic E-state index is 3.98. The van der Waals surface area contributed by atoms with E-state index in [4.69, 9.17) is 0 Å². The Balaban J connectivity index is 0.000000178. The van der Waals surface area contributed by atoms with Crippen LogP contribution in [0.2, 0.25) is 0 Å². The fourth-order valence-corrected chi connectivity index (χ4v) is 15.9. The number of nitrogens with one attached hydrogen (secondary N) is 2. The third-order valence-corrected chi connectivity index (χ3v) is 21.9. The number of rotatable bonds is 11. The Labute approximate surface area is 615 Å². The zero-order valence-corrected chi connectivity index (χ0v) is 64.3. The highest BCUT2D eigenvalue weighted by Gasteiger charge is 2.32. The van der Waals surface area contributed by atoms with Gasteiger partial charge in [-0.1, -0.05) is 395 Å². The molecule has 0 unspecified atom stereocenters. The third-order valence-electron chi connectivity index (χ3n) is 21.9. The van der Waals surface area contributed by atoms with Crippen molar-refractivity contribution in [1.82, 2.24) is 5.32 Å². The standard InChI is InChI=1S/C19H22.C13H18.C11H15N.C10H12.C9H11N.C8H11N.3C7H14.C6H12/c1-3-15-19(16-4-2,17-11-7-5-8-12-17)18-13-9-6-10-14-18;1-3-7-12(8-4-1)11-13-9-5-2-6-10-13;1-3-7-11(8-4-1)12-9-5-2-6-10-12;1-2-6-10-8-4-3-7-9(10)5-1;1-2-6-9-8(4-1)5-3-7-10-9;1-9-7-8-5-3-2-4-6-8;2*1-7-5-3-2-4-6-7;1-2-4-6-7-5-3-1;1-2-4-6-5-3-1/h3,5-14H,1,4,15-16H2,2H3;1,3-4,7-8,13H,2,5-6,9-11H2;1,3-4,7-8H,2,5-6,9-10H2;1-2,5-6H,3-4,7-8H2;1-2,4,6,10H,3,5,7H2;2-6,9H,7H2,1H3;2*7H,2-6H2,1H3;1-7H2;1-6H2. The van der Waals surface area contributed by atoms with Gasteiger partial charge in [0, 0.05) is 43.0 Å². The molecular formula is C97H143N3. The van der Waals surface area contributed by atoms with Crippen molar-refractivity contribution in [3.63, 3.8) is 0 Å². The predicted octanol–water partition coefficient (Wildman–Crippen LogP) is 28.1. The fraction of sp³-hybridized carbons (Fsp3) is 0.546. The Kier molecular flexibility index (Phi) is 45.1. The van der Waals surface area contributed by atoms with Gasteiger partial charge in [0.2, 0.25) is 0 Å². The van der Waals surface area contributed by atoms with Crippen molar-refractivity contribution in [2.45, 2.75) is 296 Å². The van der Waals surface area contributed by atoms with E-state index in [2.05, 4.69) is 231 Å². The molecule has 0 radical (unpaired) electrons. The zero-order valence-electron chi connectivity index (χ0n) is 64.3. The Bertz CT molecular complexity index is 2780. The van der Waals surface area contributed by atoms with Crippen LogP contribution < -0.4 is 15.5 Å². The lowest BCUT2D eigenvalue weighted by Gasteiger charge is -2.34. The van der Waals surface area contributed by atoms with Crippen LogP contribution in [0.5, 0.6) is 0 Å². The van der Waals surface area contributed by atoms with Crippen LogP contribution in [-0.4, -0.2) is 26.7 Å². The lowest BCUT2D eigenvalue weighted by molar-refractivity contribution is 0.356. The van der Waals surface area contributed by atoms with Crippen LogP contribution in [0.25, 0.3) is 0 Å². The summed E-state index contributed by atoms with van der Waals surface area (Å²) in [5.74, 6) is 3.04. The number of piperidine rings is 1. The van der Waals surface area contributed by atoms with Crippen LogP contribution >= 0.6 is 0 Å². The molecule has 1 saturated heterocycles. The molecule has 7 aromatic rings. The van der Waals surface area contributed by atoms with E-state index in [1.807, 2.05) is 25.2 Å². The molecule has 2 aliphatic heterocycles. The van der Waals surface area contributed by atoms with Crippen molar-refractivity contribution in [2.75, 3.05) is 36.9 Å². The van der Waals surface area contributed by atoms with Crippen molar-refractivity contribution in [1.29, 1.82) is 0 Å². The summed E-state index contributed by atoms with van der Waals surface area (Å²) in [6, 6.07) is 71.0. The molecule has 2 heterocycles. The molecule has 0 amide bonds. The van der Waals surface area contributed by atoms with Crippen molar-refractivity contribution in [3.8, 4) is 0 Å². The smallest absolute Gasteiger partial charge is 0.0372 e. The van der Waals surface area contributed by atoms with Gasteiger partial charge in [-0.2, -0.15) is 0 Å². The molecule has 546 valence electrons. The first kappa shape index (κ1) is 82.8. The van der Waals surface area contributed by atoms with E-state index in [1.54, 1.807) is 11.1 Å². The average molecular weight is 1350 g/mol. The minimum absolute atomic E-state index is 0.0685. The summed E-state index contributed by atoms with van der Waals surface area (Å²) in [5, 5.41) is 6.45. The number of para-hydroxylation sites is 2. The number of hydrogen-bond acceptors (Lipinski definition) is 3. The monoisotopic (exact) mass is 1350 g/mol. The molecule has 3 heteroatoms. The highest BCUT2D eigenvalue weighted by atomic mass is 15.1. The van der Waals surface area contributed by atoms with Gasteiger partial charge in [0.05, 0.1) is 0 Å². The van der Waals surface area contributed by atoms with Gasteiger partial charge in [-0.05, 0) is 159 Å². The zero-order chi connectivity index (χ0) is 70.3. The second-order valence-corrected chi connectivity index (χ2v) is 30.4. The maximum Gasteiger partial charge on any atom is 0.0372 e. The van der Waals surface area contributed by atoms with E-state index in [0.29, 0.717) is 0 Å². The van der Waals surface area contributed by atoms with Gasteiger partial charge in [0.25, 0.3) is 0 Å². The van der Waals surface area contributed by atoms with Crippen LogP contribution in [0.4, 0.5) is 11.4 Å². The molecule has 2 N–H and O–H groups in total. The Morgan fingerprint density at radius 3 is 1.16 bits per heavy atom. The normalized spacial score (nSPS) is 17.4. The topological polar surface area (TPSA) is 27.3 Å². The van der Waals surface area contributed by atoms with Crippen LogP contribution in [0.1, 0.15) is 297 Å². The van der Waals surface area contributed by atoms with Crippen molar-refractivity contribution < 1.29 is 0 Å². The fourth-order valence-electron chi connectivity index (χ4n) is 15.9. The summed E-state index contributed by atoms with van der Waals surface area (Å²) >= 11 is 0. The number of anilines is 2. The first-order chi connectivity index (χ1) is 49.4. The molecule has 6 fully saturated rings. The third kappa shape index (κ3) is 35.6. The van der Waals surface area contributed by atoms with E-state index in [-0.39, 0.29) is 5.41 Å². The number of fused-ring (bicyclic) bond motifs is 2. The van der Waals surface area contributed by atoms with E-state index in [0.717, 1.165) is 50.1 Å². The van der Waals surface area contributed by atoms with Gasteiger partial charge >= 0.3 is 0 Å². The van der Waals surface area contributed by atoms with Crippen LogP contribution in [0.15, 0.2) is 213 Å². The number of benzene rings is 7. The summed E-state index contributed by atoms with van der Waals surface area (Å²) < 4.78 is 0. The maximum atomic E-state index is 3.98. The lowest BCUT2D eigenvalue weighted by Crippen LogP contribution is -2.29. The molecule has 5 saturated carbocycles. The molecule has 6 aliphatic carbocycles. The average Bonchev–Trinajstić information content (AvgIpc) is 0.791. The first-order valence-corrected chi connectivity index (χ1v) is 41.5. The van der Waals surface area contributed by atoms with Gasteiger partial charge in [0.1, 0.15) is 0 Å². The minimum Gasteiger partial charge on any atom is -0.385 e. The first-order valence-electron chi connectivity index (χ1n) is 41.5. The predicted molar refractivity (Wildman–Crippen MR) is 443 cm³/mol. The summed E-state index contributed by atoms with van der Waals surface area (Å²) in [7, 11) is 1.95. The Hall–Kier alpha value is -6.16. The summed E-state index contributed by atoms with van der Waals surface area (Å²) in [5.41, 5.74) is 13.0. The van der Waals surface area contributed by atoms with Gasteiger partial charge in [0.15, 0.2) is 0 Å². The number of nitrogens with zero attached hydrogens (tertiary/aromatic N) is 1. The molecule has 8 aliphatic rings. The molecule has 3 nitrogen and oxygen atoms in total. The second kappa shape index (κ2) is 54.5. The van der Waals surface area contributed by atoms with E-state index in [1.165, 1.54) is 296 Å². The summed E-state index contributed by atoms with van der Waals surface area (Å²) in [6.45, 7) is 15.5. The molecule has 0 spiro atoms.